The molecule has 1 rings (SSSR count). The van der Waals surface area contributed by atoms with Crippen molar-refractivity contribution in [1.82, 2.24) is 4.98 Å². The number of rotatable bonds is 0. The fourth-order valence-corrected chi connectivity index (χ4v) is 1.70. The van der Waals surface area contributed by atoms with Crippen LogP contribution in [0.5, 0.6) is 0 Å². The van der Waals surface area contributed by atoms with Gasteiger partial charge in [0.05, 0.1) is 0 Å². The highest BCUT2D eigenvalue weighted by molar-refractivity contribution is 6.33. The molecule has 0 saturated carbocycles. The summed E-state index contributed by atoms with van der Waals surface area (Å²) in [6.07, 6.45) is 0. The van der Waals surface area contributed by atoms with Crippen LogP contribution in [-0.2, 0) is 5.41 Å². The largest absolute Gasteiger partial charge is 0.224 e. The molecule has 0 fully saturated rings. The molecule has 0 spiro atoms. The third-order valence-corrected chi connectivity index (χ3v) is 2.58. The minimum Gasteiger partial charge on any atom is -0.224 e. The van der Waals surface area contributed by atoms with Crippen LogP contribution in [0.2, 0.25) is 10.3 Å². The number of aromatic nitrogens is 1. The molecule has 0 N–H and O–H groups in total. The molecule has 0 atom stereocenters. The summed E-state index contributed by atoms with van der Waals surface area (Å²) in [5.74, 6) is 0. The van der Waals surface area contributed by atoms with E-state index < -0.39 is 0 Å². The Hall–Kier alpha value is -0.270. The van der Waals surface area contributed by atoms with E-state index in [1.165, 1.54) is 0 Å². The first-order valence-corrected chi connectivity index (χ1v) is 4.91. The molecule has 1 aromatic heterocycles. The molecule has 0 bridgehead atoms. The van der Waals surface area contributed by atoms with Crippen molar-refractivity contribution < 1.29 is 0 Å². The molecule has 0 aromatic carbocycles. The monoisotopic (exact) mass is 217 g/mol. The number of aryl methyl sites for hydroxylation is 1. The molecule has 3 heteroatoms. The summed E-state index contributed by atoms with van der Waals surface area (Å²) in [7, 11) is 0. The lowest BCUT2D eigenvalue weighted by molar-refractivity contribution is 0.587. The van der Waals surface area contributed by atoms with E-state index in [1.807, 2.05) is 13.0 Å². The number of pyridine rings is 1. The smallest absolute Gasteiger partial charge is 0.134 e. The van der Waals surface area contributed by atoms with Crippen LogP contribution in [0.15, 0.2) is 6.07 Å². The Balaban J connectivity index is 3.32. The molecule has 0 amide bonds. The van der Waals surface area contributed by atoms with Crippen molar-refractivity contribution in [3.63, 3.8) is 0 Å². The van der Waals surface area contributed by atoms with Gasteiger partial charge in [0.15, 0.2) is 0 Å². The van der Waals surface area contributed by atoms with Gasteiger partial charge in [-0.1, -0.05) is 44.0 Å². The summed E-state index contributed by atoms with van der Waals surface area (Å²) >= 11 is 11.8. The maximum atomic E-state index is 5.99. The number of halogens is 2. The van der Waals surface area contributed by atoms with Gasteiger partial charge in [0, 0.05) is 0 Å². The molecule has 0 aliphatic heterocycles. The van der Waals surface area contributed by atoms with Gasteiger partial charge in [-0.05, 0) is 29.5 Å². The van der Waals surface area contributed by atoms with E-state index in [0.717, 1.165) is 11.1 Å². The molecule has 1 nitrogen and oxygen atoms in total. The van der Waals surface area contributed by atoms with Crippen molar-refractivity contribution in [3.8, 4) is 0 Å². The molecule has 72 valence electrons. The van der Waals surface area contributed by atoms with Crippen LogP contribution in [0.3, 0.4) is 0 Å². The van der Waals surface area contributed by atoms with Gasteiger partial charge in [-0.15, -0.1) is 0 Å². The number of hydrogen-bond acceptors (Lipinski definition) is 1. The third kappa shape index (κ3) is 2.35. The maximum absolute atomic E-state index is 5.99. The van der Waals surface area contributed by atoms with Gasteiger partial charge in [0.2, 0.25) is 0 Å². The Kier molecular flexibility index (Phi) is 2.88. The van der Waals surface area contributed by atoms with Gasteiger partial charge in [0.25, 0.3) is 0 Å². The highest BCUT2D eigenvalue weighted by Gasteiger charge is 2.19. The van der Waals surface area contributed by atoms with Crippen molar-refractivity contribution in [2.75, 3.05) is 0 Å². The Morgan fingerprint density at radius 2 is 1.69 bits per heavy atom. The first-order valence-electron chi connectivity index (χ1n) is 4.15. The lowest BCUT2D eigenvalue weighted by Gasteiger charge is -2.20. The normalized spacial score (nSPS) is 11.8. The summed E-state index contributed by atoms with van der Waals surface area (Å²) in [6, 6.07) is 2.00. The molecule has 13 heavy (non-hydrogen) atoms. The minimum absolute atomic E-state index is 0.0133. The predicted molar refractivity (Wildman–Crippen MR) is 57.7 cm³/mol. The van der Waals surface area contributed by atoms with Gasteiger partial charge >= 0.3 is 0 Å². The average molecular weight is 218 g/mol. The third-order valence-electron chi connectivity index (χ3n) is 1.91. The molecule has 0 unspecified atom stereocenters. The summed E-state index contributed by atoms with van der Waals surface area (Å²) in [6.45, 7) is 8.23. The van der Waals surface area contributed by atoms with E-state index in [4.69, 9.17) is 23.2 Å². The zero-order valence-electron chi connectivity index (χ0n) is 8.28. The Labute approximate surface area is 89.1 Å². The fraction of sp³-hybridized carbons (Fsp3) is 0.500. The van der Waals surface area contributed by atoms with Crippen LogP contribution >= 0.6 is 23.2 Å². The average Bonchev–Trinajstić information content (AvgIpc) is 1.94. The van der Waals surface area contributed by atoms with Gasteiger partial charge in [-0.25, -0.2) is 4.98 Å². The van der Waals surface area contributed by atoms with Crippen molar-refractivity contribution in [2.45, 2.75) is 33.1 Å². The second kappa shape index (κ2) is 3.47. The van der Waals surface area contributed by atoms with E-state index >= 15 is 0 Å². The molecule has 1 aromatic rings. The van der Waals surface area contributed by atoms with Crippen molar-refractivity contribution in [3.05, 3.63) is 27.5 Å². The Bertz CT molecular complexity index is 326. The van der Waals surface area contributed by atoms with E-state index in [-0.39, 0.29) is 5.41 Å². The summed E-state index contributed by atoms with van der Waals surface area (Å²) < 4.78 is 0. The standard InChI is InChI=1S/C10H13Cl2N/c1-6-5-7(10(2,3)4)9(12)13-8(6)11/h5H,1-4H3. The maximum Gasteiger partial charge on any atom is 0.134 e. The SMILES string of the molecule is Cc1cc(C(C)(C)C)c(Cl)nc1Cl. The lowest BCUT2D eigenvalue weighted by Crippen LogP contribution is -2.13. The molecular weight excluding hydrogens is 205 g/mol. The highest BCUT2D eigenvalue weighted by atomic mass is 35.5. The second-order valence-electron chi connectivity index (χ2n) is 4.18. The summed E-state index contributed by atoms with van der Waals surface area (Å²) in [4.78, 5) is 4.07. The van der Waals surface area contributed by atoms with E-state index in [2.05, 4.69) is 25.8 Å². The number of hydrogen-bond donors (Lipinski definition) is 0. The van der Waals surface area contributed by atoms with E-state index in [0.29, 0.717) is 10.3 Å². The van der Waals surface area contributed by atoms with Crippen LogP contribution in [0.25, 0.3) is 0 Å². The van der Waals surface area contributed by atoms with Crippen molar-refractivity contribution in [1.29, 1.82) is 0 Å². The van der Waals surface area contributed by atoms with Gasteiger partial charge in [-0.3, -0.25) is 0 Å². The van der Waals surface area contributed by atoms with Crippen LogP contribution in [-0.4, -0.2) is 4.98 Å². The topological polar surface area (TPSA) is 12.9 Å². The van der Waals surface area contributed by atoms with Gasteiger partial charge in [-0.2, -0.15) is 0 Å². The molecule has 0 radical (unpaired) electrons. The zero-order chi connectivity index (χ0) is 10.2. The summed E-state index contributed by atoms with van der Waals surface area (Å²) in [5.41, 5.74) is 2.02. The van der Waals surface area contributed by atoms with Crippen molar-refractivity contribution >= 4 is 23.2 Å². The first-order chi connectivity index (χ1) is 5.82. The van der Waals surface area contributed by atoms with E-state index in [9.17, 15) is 0 Å². The second-order valence-corrected chi connectivity index (χ2v) is 4.90. The Morgan fingerprint density at radius 3 is 2.15 bits per heavy atom. The van der Waals surface area contributed by atoms with Crippen LogP contribution < -0.4 is 0 Å². The Morgan fingerprint density at radius 1 is 1.15 bits per heavy atom. The van der Waals surface area contributed by atoms with Crippen LogP contribution in [0, 0.1) is 6.92 Å². The highest BCUT2D eigenvalue weighted by Crippen LogP contribution is 2.30. The molecule has 0 aliphatic rings. The van der Waals surface area contributed by atoms with Gasteiger partial charge in [0.1, 0.15) is 10.3 Å². The molecule has 1 heterocycles. The number of nitrogens with zero attached hydrogens (tertiary/aromatic N) is 1. The molecule has 0 saturated heterocycles. The van der Waals surface area contributed by atoms with Crippen LogP contribution in [0.1, 0.15) is 31.9 Å². The van der Waals surface area contributed by atoms with E-state index in [1.54, 1.807) is 0 Å². The molecular formula is C10H13Cl2N. The molecule has 0 aliphatic carbocycles. The predicted octanol–water partition coefficient (Wildman–Crippen LogP) is 3.99. The fourth-order valence-electron chi connectivity index (χ4n) is 1.10. The quantitative estimate of drug-likeness (QED) is 0.600. The van der Waals surface area contributed by atoms with Crippen molar-refractivity contribution in [2.24, 2.45) is 0 Å². The first kappa shape index (κ1) is 10.8. The summed E-state index contributed by atoms with van der Waals surface area (Å²) in [5, 5.41) is 0.987. The minimum atomic E-state index is 0.0133. The zero-order valence-corrected chi connectivity index (χ0v) is 9.79. The van der Waals surface area contributed by atoms with Crippen LogP contribution in [0.4, 0.5) is 0 Å². The van der Waals surface area contributed by atoms with Gasteiger partial charge < -0.3 is 0 Å². The lowest BCUT2D eigenvalue weighted by atomic mass is 9.88.